The first-order chi connectivity index (χ1) is 21.0. The van der Waals surface area contributed by atoms with E-state index in [0.717, 1.165) is 0 Å². The molecule has 0 aliphatic heterocycles. The van der Waals surface area contributed by atoms with Gasteiger partial charge >= 0.3 is 23.9 Å². The number of aliphatic hydroxyl groups is 4. The maximum atomic E-state index is 11.7. The van der Waals surface area contributed by atoms with E-state index in [1.165, 1.54) is 52.0 Å². The second kappa shape index (κ2) is 24.4. The molecule has 0 aromatic rings. The van der Waals surface area contributed by atoms with Gasteiger partial charge in [0.2, 0.25) is 0 Å². The van der Waals surface area contributed by atoms with Gasteiger partial charge in [-0.2, -0.15) is 0 Å². The molecule has 14 heteroatoms. The van der Waals surface area contributed by atoms with E-state index in [1.807, 2.05) is 0 Å². The lowest BCUT2D eigenvalue weighted by atomic mass is 10.3. The molecule has 0 unspecified atom stereocenters. The zero-order valence-corrected chi connectivity index (χ0v) is 26.2. The van der Waals surface area contributed by atoms with Crippen LogP contribution in [0, 0.1) is 0 Å². The maximum absolute atomic E-state index is 11.7. The largest absolute Gasteiger partial charge is 0.502 e. The smallest absolute Gasteiger partial charge is 0.373 e. The van der Waals surface area contributed by atoms with Gasteiger partial charge in [0.25, 0.3) is 0 Å². The first kappa shape index (κ1) is 40.0. The van der Waals surface area contributed by atoms with Crippen molar-refractivity contribution in [1.82, 2.24) is 9.80 Å². The van der Waals surface area contributed by atoms with Gasteiger partial charge in [-0.25, -0.2) is 19.2 Å². The number of aliphatic hydroxyl groups excluding tert-OH is 4. The van der Waals surface area contributed by atoms with Gasteiger partial charge in [-0.1, -0.05) is 0 Å². The van der Waals surface area contributed by atoms with Crippen molar-refractivity contribution in [3.63, 3.8) is 0 Å². The molecule has 0 saturated heterocycles. The SMILES string of the molecule is CC=C(O)C(=O)OCCCN(CCCOC(=O)C(O)=CC)CCN(CCCOC(=O)C(O)=CC)CCCOC(=O)C(O)=CC. The van der Waals surface area contributed by atoms with Crippen LogP contribution in [0.25, 0.3) is 0 Å². The Hall–Kier alpha value is -4.04. The van der Waals surface area contributed by atoms with Crippen molar-refractivity contribution in [2.75, 3.05) is 65.7 Å². The van der Waals surface area contributed by atoms with Crippen LogP contribution in [0.15, 0.2) is 47.3 Å². The van der Waals surface area contributed by atoms with E-state index >= 15 is 0 Å². The molecule has 0 fully saturated rings. The molecule has 0 radical (unpaired) electrons. The van der Waals surface area contributed by atoms with Crippen molar-refractivity contribution >= 4 is 23.9 Å². The minimum atomic E-state index is -0.812. The number of carbonyl (C=O) groups excluding carboxylic acids is 4. The summed E-state index contributed by atoms with van der Waals surface area (Å²) in [6.07, 6.45) is 6.84. The Morgan fingerprint density at radius 2 is 0.636 bits per heavy atom. The number of hydrogen-bond acceptors (Lipinski definition) is 14. The average Bonchev–Trinajstić information content (AvgIpc) is 3.04. The van der Waals surface area contributed by atoms with Crippen LogP contribution < -0.4 is 0 Å². The number of nitrogens with zero attached hydrogens (tertiary/aromatic N) is 2. The Morgan fingerprint density at radius 1 is 0.432 bits per heavy atom. The Balaban J connectivity index is 5.19. The highest BCUT2D eigenvalue weighted by atomic mass is 16.6. The summed E-state index contributed by atoms with van der Waals surface area (Å²) in [5.74, 6) is -5.13. The zero-order valence-electron chi connectivity index (χ0n) is 26.2. The molecule has 44 heavy (non-hydrogen) atoms. The maximum Gasteiger partial charge on any atom is 0.373 e. The lowest BCUT2D eigenvalue weighted by molar-refractivity contribution is -0.143. The number of carbonyl (C=O) groups is 4. The quantitative estimate of drug-likeness (QED) is 0.0424. The van der Waals surface area contributed by atoms with Crippen molar-refractivity contribution in [1.29, 1.82) is 0 Å². The summed E-state index contributed by atoms with van der Waals surface area (Å²) in [4.78, 5) is 51.0. The van der Waals surface area contributed by atoms with Crippen molar-refractivity contribution < 1.29 is 58.6 Å². The molecule has 4 N–H and O–H groups in total. The summed E-state index contributed by atoms with van der Waals surface area (Å²) in [6, 6.07) is 0. The van der Waals surface area contributed by atoms with Gasteiger partial charge in [0.05, 0.1) is 26.4 Å². The summed E-state index contributed by atoms with van der Waals surface area (Å²) in [7, 11) is 0. The molecule has 0 aromatic heterocycles. The number of allylic oxidation sites excluding steroid dienone is 4. The summed E-state index contributed by atoms with van der Waals surface area (Å²) in [5, 5.41) is 37.9. The lowest BCUT2D eigenvalue weighted by Crippen LogP contribution is -2.38. The van der Waals surface area contributed by atoms with Gasteiger partial charge in [0.1, 0.15) is 0 Å². The molecule has 0 aliphatic carbocycles. The van der Waals surface area contributed by atoms with Crippen LogP contribution in [0.3, 0.4) is 0 Å². The third-order valence-electron chi connectivity index (χ3n) is 6.07. The van der Waals surface area contributed by atoms with Gasteiger partial charge < -0.3 is 49.2 Å². The van der Waals surface area contributed by atoms with E-state index in [9.17, 15) is 39.6 Å². The molecule has 0 heterocycles. The fourth-order valence-corrected chi connectivity index (χ4v) is 3.53. The monoisotopic (exact) mass is 628 g/mol. The minimum Gasteiger partial charge on any atom is -0.502 e. The van der Waals surface area contributed by atoms with Gasteiger partial charge in [-0.05, 0) is 77.7 Å². The van der Waals surface area contributed by atoms with Gasteiger partial charge in [-0.15, -0.1) is 0 Å². The predicted molar refractivity (Wildman–Crippen MR) is 161 cm³/mol. The normalized spacial score (nSPS) is 12.8. The van der Waals surface area contributed by atoms with Crippen LogP contribution in [-0.2, 0) is 38.1 Å². The van der Waals surface area contributed by atoms with Gasteiger partial charge in [-0.3, -0.25) is 0 Å². The summed E-state index contributed by atoms with van der Waals surface area (Å²) in [6.45, 7) is 9.56. The van der Waals surface area contributed by atoms with Crippen LogP contribution in [-0.4, -0.2) is 120 Å². The van der Waals surface area contributed by atoms with Crippen molar-refractivity contribution in [2.45, 2.75) is 53.4 Å². The molecule has 250 valence electrons. The van der Waals surface area contributed by atoms with Crippen LogP contribution in [0.2, 0.25) is 0 Å². The molecule has 0 bridgehead atoms. The Bertz CT molecular complexity index is 863. The number of rotatable bonds is 23. The highest BCUT2D eigenvalue weighted by Gasteiger charge is 2.14. The van der Waals surface area contributed by atoms with E-state index in [0.29, 0.717) is 65.0 Å². The molecular weight excluding hydrogens is 580 g/mol. The minimum absolute atomic E-state index is 0.0793. The van der Waals surface area contributed by atoms with E-state index in [-0.39, 0.29) is 26.4 Å². The van der Waals surface area contributed by atoms with Crippen LogP contribution in [0.5, 0.6) is 0 Å². The highest BCUT2D eigenvalue weighted by Crippen LogP contribution is 2.04. The molecule has 0 amide bonds. The zero-order chi connectivity index (χ0) is 33.3. The topological polar surface area (TPSA) is 193 Å². The second-order valence-corrected chi connectivity index (χ2v) is 9.34. The summed E-state index contributed by atoms with van der Waals surface area (Å²) >= 11 is 0. The van der Waals surface area contributed by atoms with E-state index < -0.39 is 46.9 Å². The first-order valence-corrected chi connectivity index (χ1v) is 14.5. The number of esters is 4. The Labute approximate surface area is 258 Å². The third-order valence-corrected chi connectivity index (χ3v) is 6.07. The molecule has 0 aromatic carbocycles. The second-order valence-electron chi connectivity index (χ2n) is 9.34. The van der Waals surface area contributed by atoms with Crippen molar-refractivity contribution in [3.05, 3.63) is 47.3 Å². The van der Waals surface area contributed by atoms with Crippen molar-refractivity contribution in [3.8, 4) is 0 Å². The van der Waals surface area contributed by atoms with E-state index in [1.54, 1.807) is 0 Å². The fourth-order valence-electron chi connectivity index (χ4n) is 3.53. The fraction of sp³-hybridized carbons (Fsp3) is 0.600. The van der Waals surface area contributed by atoms with E-state index in [4.69, 9.17) is 18.9 Å². The molecule has 0 rings (SSSR count). The van der Waals surface area contributed by atoms with Crippen molar-refractivity contribution in [2.24, 2.45) is 0 Å². The number of hydrogen-bond donors (Lipinski definition) is 4. The van der Waals surface area contributed by atoms with Gasteiger partial charge in [0.15, 0.2) is 23.0 Å². The van der Waals surface area contributed by atoms with E-state index in [2.05, 4.69) is 9.80 Å². The lowest BCUT2D eigenvalue weighted by Gasteiger charge is -2.28. The van der Waals surface area contributed by atoms with Crippen LogP contribution in [0.1, 0.15) is 53.4 Å². The molecular formula is C30H48N2O12. The molecule has 0 saturated carbocycles. The van der Waals surface area contributed by atoms with Crippen LogP contribution in [0.4, 0.5) is 0 Å². The Morgan fingerprint density at radius 3 is 0.818 bits per heavy atom. The average molecular weight is 629 g/mol. The summed E-state index contributed by atoms with van der Waals surface area (Å²) < 4.78 is 20.2. The van der Waals surface area contributed by atoms with Crippen LogP contribution >= 0.6 is 0 Å². The standard InChI is InChI=1S/C30H48N2O12/c1-5-23(33)27(37)41-19-9-13-31(14-10-20-42-28(38)24(34)6-2)17-18-32(15-11-21-43-29(39)25(35)7-3)16-12-22-44-30(40)26(36)8-4/h5-8,33-36H,9-22H2,1-4H3. The highest BCUT2D eigenvalue weighted by molar-refractivity contribution is 5.86. The summed E-state index contributed by atoms with van der Waals surface area (Å²) in [5.41, 5.74) is 0. The Kier molecular flexibility index (Phi) is 22.2. The molecule has 0 spiro atoms. The molecule has 0 aliphatic rings. The molecule has 0 atom stereocenters. The molecule has 14 nitrogen and oxygen atoms in total. The third kappa shape index (κ3) is 18.5. The number of ether oxygens (including phenoxy) is 4. The first-order valence-electron chi connectivity index (χ1n) is 14.5. The predicted octanol–water partition coefficient (Wildman–Crippen LogP) is 3.17. The van der Waals surface area contributed by atoms with Gasteiger partial charge in [0, 0.05) is 39.3 Å².